The predicted octanol–water partition coefficient (Wildman–Crippen LogP) is 6.48. The van der Waals surface area contributed by atoms with Crippen molar-refractivity contribution in [3.63, 3.8) is 0 Å². The minimum absolute atomic E-state index is 0.613. The van der Waals surface area contributed by atoms with Crippen molar-refractivity contribution < 1.29 is 4.42 Å². The third-order valence-corrected chi connectivity index (χ3v) is 5.46. The highest BCUT2D eigenvalue weighted by molar-refractivity contribution is 6.30. The van der Waals surface area contributed by atoms with Gasteiger partial charge in [0.1, 0.15) is 11.3 Å². The third kappa shape index (κ3) is 3.61. The van der Waals surface area contributed by atoms with E-state index in [9.17, 15) is 0 Å². The van der Waals surface area contributed by atoms with Crippen molar-refractivity contribution in [2.24, 2.45) is 0 Å². The van der Waals surface area contributed by atoms with Gasteiger partial charge in [0.25, 0.3) is 0 Å². The molecule has 3 heteroatoms. The molecular formula is C22H24ClNO. The second-order valence-corrected chi connectivity index (χ2v) is 7.56. The molecule has 0 radical (unpaired) electrons. The fourth-order valence-electron chi connectivity index (χ4n) is 3.86. The maximum absolute atomic E-state index is 6.23. The zero-order chi connectivity index (χ0) is 17.2. The van der Waals surface area contributed by atoms with Crippen LogP contribution in [0.3, 0.4) is 0 Å². The van der Waals surface area contributed by atoms with Crippen molar-refractivity contribution in [3.05, 3.63) is 58.8 Å². The molecule has 1 aliphatic rings. The molecule has 0 amide bonds. The molecule has 0 unspecified atom stereocenters. The Hall–Kier alpha value is -1.77. The van der Waals surface area contributed by atoms with Crippen LogP contribution in [-0.4, -0.2) is 6.04 Å². The van der Waals surface area contributed by atoms with Gasteiger partial charge in [-0.3, -0.25) is 0 Å². The number of furan rings is 1. The Morgan fingerprint density at radius 2 is 1.80 bits per heavy atom. The van der Waals surface area contributed by atoms with Crippen LogP contribution in [-0.2, 0) is 6.54 Å². The molecule has 1 heterocycles. The number of fused-ring (bicyclic) bond motifs is 1. The summed E-state index contributed by atoms with van der Waals surface area (Å²) in [7, 11) is 0. The van der Waals surface area contributed by atoms with Crippen LogP contribution in [0, 0.1) is 6.92 Å². The molecule has 2 aromatic carbocycles. The molecule has 0 spiro atoms. The molecule has 0 aliphatic heterocycles. The van der Waals surface area contributed by atoms with Crippen LogP contribution in [0.2, 0.25) is 5.02 Å². The van der Waals surface area contributed by atoms with E-state index in [4.69, 9.17) is 16.0 Å². The zero-order valence-corrected chi connectivity index (χ0v) is 15.4. The second kappa shape index (κ2) is 7.23. The highest BCUT2D eigenvalue weighted by atomic mass is 35.5. The van der Waals surface area contributed by atoms with Gasteiger partial charge in [0.15, 0.2) is 0 Å². The van der Waals surface area contributed by atoms with Crippen LogP contribution in [0.25, 0.3) is 22.1 Å². The monoisotopic (exact) mass is 353 g/mol. The SMILES string of the molecule is Cc1ccc2oc(CNC3CCCCC3)c(-c3ccc(Cl)cc3)c2c1. The molecule has 0 bridgehead atoms. The van der Waals surface area contributed by atoms with Gasteiger partial charge in [0.2, 0.25) is 0 Å². The molecule has 25 heavy (non-hydrogen) atoms. The fraction of sp³-hybridized carbons (Fsp3) is 0.364. The summed E-state index contributed by atoms with van der Waals surface area (Å²) in [4.78, 5) is 0. The van der Waals surface area contributed by atoms with Gasteiger partial charge in [-0.1, -0.05) is 54.6 Å². The lowest BCUT2D eigenvalue weighted by molar-refractivity contribution is 0.360. The van der Waals surface area contributed by atoms with E-state index >= 15 is 0 Å². The fourth-order valence-corrected chi connectivity index (χ4v) is 3.99. The van der Waals surface area contributed by atoms with Crippen molar-refractivity contribution in [1.29, 1.82) is 0 Å². The van der Waals surface area contributed by atoms with E-state index in [1.807, 2.05) is 12.1 Å². The first-order valence-corrected chi connectivity index (χ1v) is 9.60. The van der Waals surface area contributed by atoms with Gasteiger partial charge in [-0.05, 0) is 49.6 Å². The topological polar surface area (TPSA) is 25.2 Å². The Labute approximate surface area is 154 Å². The van der Waals surface area contributed by atoms with E-state index in [1.165, 1.54) is 48.6 Å². The average molecular weight is 354 g/mol. The molecule has 130 valence electrons. The van der Waals surface area contributed by atoms with Crippen molar-refractivity contribution in [3.8, 4) is 11.1 Å². The van der Waals surface area contributed by atoms with E-state index in [0.717, 1.165) is 28.5 Å². The number of rotatable bonds is 4. The molecule has 1 aliphatic carbocycles. The molecule has 1 aromatic heterocycles. The lowest BCUT2D eigenvalue weighted by Gasteiger charge is -2.22. The minimum atomic E-state index is 0.613. The van der Waals surface area contributed by atoms with Crippen LogP contribution in [0.5, 0.6) is 0 Å². The van der Waals surface area contributed by atoms with Crippen LogP contribution < -0.4 is 5.32 Å². The summed E-state index contributed by atoms with van der Waals surface area (Å²) in [6, 6.07) is 15.1. The molecule has 3 aromatic rings. The van der Waals surface area contributed by atoms with Gasteiger partial charge in [0, 0.05) is 22.0 Å². The summed E-state index contributed by atoms with van der Waals surface area (Å²) in [5.74, 6) is 1.02. The molecule has 1 saturated carbocycles. The highest BCUT2D eigenvalue weighted by Crippen LogP contribution is 2.36. The maximum Gasteiger partial charge on any atom is 0.135 e. The largest absolute Gasteiger partial charge is 0.459 e. The molecule has 0 saturated heterocycles. The number of benzene rings is 2. The summed E-state index contributed by atoms with van der Waals surface area (Å²) < 4.78 is 6.23. The lowest BCUT2D eigenvalue weighted by Crippen LogP contribution is -2.30. The van der Waals surface area contributed by atoms with E-state index < -0.39 is 0 Å². The Balaban J connectivity index is 1.71. The summed E-state index contributed by atoms with van der Waals surface area (Å²) in [5.41, 5.74) is 4.55. The van der Waals surface area contributed by atoms with E-state index in [1.54, 1.807) is 0 Å². The lowest BCUT2D eigenvalue weighted by atomic mass is 9.95. The van der Waals surface area contributed by atoms with Gasteiger partial charge in [-0.15, -0.1) is 0 Å². The first-order valence-electron chi connectivity index (χ1n) is 9.22. The normalized spacial score (nSPS) is 15.8. The van der Waals surface area contributed by atoms with Crippen molar-refractivity contribution in [1.82, 2.24) is 5.32 Å². The van der Waals surface area contributed by atoms with Gasteiger partial charge in [-0.25, -0.2) is 0 Å². The Bertz CT molecular complexity index is 860. The van der Waals surface area contributed by atoms with Crippen LogP contribution in [0.4, 0.5) is 0 Å². The average Bonchev–Trinajstić information content (AvgIpc) is 2.99. The molecule has 1 fully saturated rings. The molecule has 0 atom stereocenters. The third-order valence-electron chi connectivity index (χ3n) is 5.21. The summed E-state index contributed by atoms with van der Waals surface area (Å²) in [6.07, 6.45) is 6.59. The molecular weight excluding hydrogens is 330 g/mol. The summed E-state index contributed by atoms with van der Waals surface area (Å²) >= 11 is 6.08. The molecule has 4 rings (SSSR count). The van der Waals surface area contributed by atoms with Crippen LogP contribution in [0.15, 0.2) is 46.9 Å². The van der Waals surface area contributed by atoms with E-state index in [-0.39, 0.29) is 0 Å². The first-order chi connectivity index (χ1) is 12.2. The Kier molecular flexibility index (Phi) is 4.82. The van der Waals surface area contributed by atoms with Gasteiger partial charge >= 0.3 is 0 Å². The number of halogens is 1. The van der Waals surface area contributed by atoms with E-state index in [2.05, 4.69) is 42.6 Å². The van der Waals surface area contributed by atoms with Gasteiger partial charge in [-0.2, -0.15) is 0 Å². The van der Waals surface area contributed by atoms with Crippen molar-refractivity contribution >= 4 is 22.6 Å². The predicted molar refractivity (Wildman–Crippen MR) is 105 cm³/mol. The number of aryl methyl sites for hydroxylation is 1. The van der Waals surface area contributed by atoms with Gasteiger partial charge in [0.05, 0.1) is 6.54 Å². The summed E-state index contributed by atoms with van der Waals surface area (Å²) in [6.45, 7) is 2.90. The maximum atomic E-state index is 6.23. The zero-order valence-electron chi connectivity index (χ0n) is 14.6. The number of nitrogens with one attached hydrogen (secondary N) is 1. The van der Waals surface area contributed by atoms with Crippen LogP contribution >= 0.6 is 11.6 Å². The Morgan fingerprint density at radius 3 is 2.56 bits per heavy atom. The molecule has 1 N–H and O–H groups in total. The minimum Gasteiger partial charge on any atom is -0.459 e. The standard InChI is InChI=1S/C22H24ClNO/c1-15-7-12-20-19(13-15)22(16-8-10-17(23)11-9-16)21(25-20)14-24-18-5-3-2-4-6-18/h7-13,18,24H,2-6,14H2,1H3. The Morgan fingerprint density at radius 1 is 1.04 bits per heavy atom. The van der Waals surface area contributed by atoms with Crippen molar-refractivity contribution in [2.45, 2.75) is 51.6 Å². The molecule has 2 nitrogen and oxygen atoms in total. The number of hydrogen-bond acceptors (Lipinski definition) is 2. The van der Waals surface area contributed by atoms with Gasteiger partial charge < -0.3 is 9.73 Å². The van der Waals surface area contributed by atoms with Crippen LogP contribution in [0.1, 0.15) is 43.4 Å². The quantitative estimate of drug-likeness (QED) is 0.580. The smallest absolute Gasteiger partial charge is 0.135 e. The number of hydrogen-bond donors (Lipinski definition) is 1. The van der Waals surface area contributed by atoms with E-state index in [0.29, 0.717) is 6.04 Å². The first kappa shape index (κ1) is 16.7. The summed E-state index contributed by atoms with van der Waals surface area (Å²) in [5, 5.41) is 5.66. The highest BCUT2D eigenvalue weighted by Gasteiger charge is 2.18. The second-order valence-electron chi connectivity index (χ2n) is 7.12. The van der Waals surface area contributed by atoms with Crippen molar-refractivity contribution in [2.75, 3.05) is 0 Å².